The molecule has 1 aromatic rings. The second-order valence-corrected chi connectivity index (χ2v) is 7.28. The molecule has 0 aromatic heterocycles. The molecule has 0 unspecified atom stereocenters. The van der Waals surface area contributed by atoms with Crippen LogP contribution in [0.1, 0.15) is 26.3 Å². The molecule has 2 N–H and O–H groups in total. The highest BCUT2D eigenvalue weighted by atomic mass is 79.9. The molecular formula is C17H27BrN4O. The van der Waals surface area contributed by atoms with Crippen LogP contribution in [0.15, 0.2) is 33.7 Å². The van der Waals surface area contributed by atoms with E-state index in [1.165, 1.54) is 5.56 Å². The van der Waals surface area contributed by atoms with Crippen LogP contribution in [0, 0.1) is 5.41 Å². The molecule has 0 fully saturated rings. The lowest BCUT2D eigenvalue weighted by Gasteiger charge is -2.23. The Bertz CT molecular complexity index is 552. The summed E-state index contributed by atoms with van der Waals surface area (Å²) in [4.78, 5) is 18.1. The third-order valence-electron chi connectivity index (χ3n) is 3.31. The maximum Gasteiger partial charge on any atom is 0.225 e. The molecule has 0 heterocycles. The van der Waals surface area contributed by atoms with Gasteiger partial charge in [-0.3, -0.25) is 9.79 Å². The minimum Gasteiger partial charge on any atom is -0.354 e. The second kappa shape index (κ2) is 8.91. The number of carbonyl (C=O) groups is 1. The van der Waals surface area contributed by atoms with Gasteiger partial charge in [0.15, 0.2) is 5.96 Å². The number of aliphatic imine (C=N–C) groups is 1. The number of amides is 1. The van der Waals surface area contributed by atoms with Crippen molar-refractivity contribution in [2.24, 2.45) is 10.4 Å². The van der Waals surface area contributed by atoms with E-state index in [1.807, 2.05) is 50.9 Å². The highest BCUT2D eigenvalue weighted by Gasteiger charge is 2.20. The normalized spacial score (nSPS) is 12.0. The fourth-order valence-electron chi connectivity index (χ4n) is 1.96. The van der Waals surface area contributed by atoms with Gasteiger partial charge in [0.05, 0.1) is 0 Å². The molecule has 128 valence electrons. The monoisotopic (exact) mass is 382 g/mol. The van der Waals surface area contributed by atoms with E-state index in [0.29, 0.717) is 13.1 Å². The number of nitrogens with zero attached hydrogens (tertiary/aromatic N) is 2. The second-order valence-electron chi connectivity index (χ2n) is 6.43. The van der Waals surface area contributed by atoms with E-state index in [-0.39, 0.29) is 11.3 Å². The Labute approximate surface area is 147 Å². The summed E-state index contributed by atoms with van der Waals surface area (Å²) in [5, 5.41) is 6.18. The van der Waals surface area contributed by atoms with Crippen molar-refractivity contribution in [3.05, 3.63) is 34.3 Å². The van der Waals surface area contributed by atoms with E-state index in [4.69, 9.17) is 0 Å². The molecule has 5 nitrogen and oxygen atoms in total. The number of hydrogen-bond acceptors (Lipinski definition) is 2. The van der Waals surface area contributed by atoms with Crippen LogP contribution in [0.4, 0.5) is 0 Å². The number of hydrogen-bond donors (Lipinski definition) is 2. The number of carbonyl (C=O) groups excluding carboxylic acids is 1. The zero-order valence-corrected chi connectivity index (χ0v) is 16.2. The summed E-state index contributed by atoms with van der Waals surface area (Å²) in [7, 11) is 3.75. The molecule has 0 aliphatic rings. The maximum absolute atomic E-state index is 11.8. The number of rotatable bonds is 5. The van der Waals surface area contributed by atoms with Crippen molar-refractivity contribution in [3.8, 4) is 0 Å². The van der Waals surface area contributed by atoms with Gasteiger partial charge in [0.25, 0.3) is 0 Å². The van der Waals surface area contributed by atoms with Gasteiger partial charge in [0.1, 0.15) is 0 Å². The standard InChI is InChI=1S/C17H27BrN4O/c1-17(2,3)15(23)20-10-11-21-16(19-4)22(5)12-13-8-6-7-9-14(13)18/h6-9H,10-12H2,1-5H3,(H,19,21)(H,20,23). The Morgan fingerprint density at radius 1 is 1.22 bits per heavy atom. The Morgan fingerprint density at radius 3 is 2.39 bits per heavy atom. The molecule has 1 rings (SSSR count). The summed E-state index contributed by atoms with van der Waals surface area (Å²) in [6.07, 6.45) is 0. The van der Waals surface area contributed by atoms with Gasteiger partial charge in [-0.2, -0.15) is 0 Å². The number of nitrogens with one attached hydrogen (secondary N) is 2. The molecule has 0 aliphatic carbocycles. The molecule has 0 spiro atoms. The van der Waals surface area contributed by atoms with E-state index in [1.54, 1.807) is 7.05 Å². The molecule has 0 aliphatic heterocycles. The predicted molar refractivity (Wildman–Crippen MR) is 99.4 cm³/mol. The summed E-state index contributed by atoms with van der Waals surface area (Å²) >= 11 is 3.56. The summed E-state index contributed by atoms with van der Waals surface area (Å²) in [6.45, 7) is 7.66. The van der Waals surface area contributed by atoms with Crippen molar-refractivity contribution in [1.29, 1.82) is 0 Å². The third kappa shape index (κ3) is 6.60. The van der Waals surface area contributed by atoms with E-state index in [2.05, 4.69) is 37.6 Å². The first-order chi connectivity index (χ1) is 10.8. The Kier molecular flexibility index (Phi) is 7.55. The van der Waals surface area contributed by atoms with Gasteiger partial charge in [-0.15, -0.1) is 0 Å². The van der Waals surface area contributed by atoms with Crippen LogP contribution in [-0.2, 0) is 11.3 Å². The first-order valence-electron chi connectivity index (χ1n) is 7.69. The minimum atomic E-state index is -0.363. The van der Waals surface area contributed by atoms with E-state index in [9.17, 15) is 4.79 Å². The van der Waals surface area contributed by atoms with E-state index >= 15 is 0 Å². The largest absolute Gasteiger partial charge is 0.354 e. The van der Waals surface area contributed by atoms with Gasteiger partial charge in [-0.05, 0) is 11.6 Å². The number of guanidine groups is 1. The molecular weight excluding hydrogens is 356 g/mol. The Hall–Kier alpha value is -1.56. The van der Waals surface area contributed by atoms with Crippen LogP contribution in [-0.4, -0.2) is 44.0 Å². The smallest absolute Gasteiger partial charge is 0.225 e. The van der Waals surface area contributed by atoms with Crippen molar-refractivity contribution >= 4 is 27.8 Å². The van der Waals surface area contributed by atoms with Crippen LogP contribution < -0.4 is 10.6 Å². The van der Waals surface area contributed by atoms with Gasteiger partial charge in [0, 0.05) is 43.6 Å². The van der Waals surface area contributed by atoms with Crippen molar-refractivity contribution in [3.63, 3.8) is 0 Å². The average Bonchev–Trinajstić information content (AvgIpc) is 2.48. The summed E-state index contributed by atoms with van der Waals surface area (Å²) in [6, 6.07) is 8.13. The molecule has 0 saturated carbocycles. The van der Waals surface area contributed by atoms with Crippen LogP contribution in [0.25, 0.3) is 0 Å². The van der Waals surface area contributed by atoms with Gasteiger partial charge in [-0.25, -0.2) is 0 Å². The fraction of sp³-hybridized carbons (Fsp3) is 0.529. The van der Waals surface area contributed by atoms with Crippen LogP contribution in [0.5, 0.6) is 0 Å². The van der Waals surface area contributed by atoms with Crippen LogP contribution in [0.2, 0.25) is 0 Å². The topological polar surface area (TPSA) is 56.7 Å². The fourth-order valence-corrected chi connectivity index (χ4v) is 2.37. The van der Waals surface area contributed by atoms with Crippen molar-refractivity contribution in [2.45, 2.75) is 27.3 Å². The summed E-state index contributed by atoms with van der Waals surface area (Å²) < 4.78 is 1.08. The first kappa shape index (κ1) is 19.5. The molecule has 0 bridgehead atoms. The molecule has 23 heavy (non-hydrogen) atoms. The predicted octanol–water partition coefficient (Wildman–Crippen LogP) is 2.62. The minimum absolute atomic E-state index is 0.0517. The van der Waals surface area contributed by atoms with Crippen LogP contribution >= 0.6 is 15.9 Å². The zero-order valence-electron chi connectivity index (χ0n) is 14.6. The quantitative estimate of drug-likeness (QED) is 0.467. The molecule has 0 atom stereocenters. The van der Waals surface area contributed by atoms with Gasteiger partial charge >= 0.3 is 0 Å². The molecule has 6 heteroatoms. The molecule has 0 radical (unpaired) electrons. The van der Waals surface area contributed by atoms with Crippen molar-refractivity contribution in [1.82, 2.24) is 15.5 Å². The summed E-state index contributed by atoms with van der Waals surface area (Å²) in [5.74, 6) is 0.849. The highest BCUT2D eigenvalue weighted by Crippen LogP contribution is 2.17. The van der Waals surface area contributed by atoms with Crippen molar-refractivity contribution < 1.29 is 4.79 Å². The van der Waals surface area contributed by atoms with Crippen LogP contribution in [0.3, 0.4) is 0 Å². The van der Waals surface area contributed by atoms with Gasteiger partial charge < -0.3 is 15.5 Å². The maximum atomic E-state index is 11.8. The molecule has 0 saturated heterocycles. The summed E-state index contributed by atoms with van der Waals surface area (Å²) in [5.41, 5.74) is 0.830. The van der Waals surface area contributed by atoms with Crippen molar-refractivity contribution in [2.75, 3.05) is 27.2 Å². The lowest BCUT2D eigenvalue weighted by atomic mass is 9.96. The van der Waals surface area contributed by atoms with E-state index in [0.717, 1.165) is 17.0 Å². The lowest BCUT2D eigenvalue weighted by Crippen LogP contribution is -2.43. The third-order valence-corrected chi connectivity index (χ3v) is 4.09. The van der Waals surface area contributed by atoms with Gasteiger partial charge in [0.2, 0.25) is 5.91 Å². The lowest BCUT2D eigenvalue weighted by molar-refractivity contribution is -0.128. The molecule has 1 amide bonds. The SMILES string of the molecule is CN=C(NCCNC(=O)C(C)(C)C)N(C)Cc1ccccc1Br. The Morgan fingerprint density at radius 2 is 1.83 bits per heavy atom. The highest BCUT2D eigenvalue weighted by molar-refractivity contribution is 9.10. The van der Waals surface area contributed by atoms with E-state index < -0.39 is 0 Å². The zero-order chi connectivity index (χ0) is 17.5. The number of halogens is 1. The first-order valence-corrected chi connectivity index (χ1v) is 8.48. The molecule has 1 aromatic carbocycles. The Balaban J connectivity index is 2.45. The number of benzene rings is 1. The van der Waals surface area contributed by atoms with Gasteiger partial charge in [-0.1, -0.05) is 54.9 Å². The average molecular weight is 383 g/mol.